The number of ether oxygens (including phenoxy) is 2. The van der Waals surface area contributed by atoms with Gasteiger partial charge in [0.15, 0.2) is 11.5 Å². The molecular weight excluding hydrogens is 324 g/mol. The summed E-state index contributed by atoms with van der Waals surface area (Å²) in [4.78, 5) is 35.3. The highest BCUT2D eigenvalue weighted by molar-refractivity contribution is 5.92. The molecule has 25 heavy (non-hydrogen) atoms. The fourth-order valence-corrected chi connectivity index (χ4v) is 2.48. The molecule has 7 heteroatoms. The number of esters is 1. The van der Waals surface area contributed by atoms with Gasteiger partial charge in [-0.2, -0.15) is 0 Å². The van der Waals surface area contributed by atoms with Crippen molar-refractivity contribution in [1.82, 2.24) is 4.57 Å². The lowest BCUT2D eigenvalue weighted by Crippen LogP contribution is -2.27. The van der Waals surface area contributed by atoms with E-state index in [0.717, 1.165) is 0 Å². The van der Waals surface area contributed by atoms with Crippen LogP contribution in [0.5, 0.6) is 0 Å². The van der Waals surface area contributed by atoms with E-state index in [1.54, 1.807) is 28.8 Å². The third kappa shape index (κ3) is 4.54. The summed E-state index contributed by atoms with van der Waals surface area (Å²) in [5, 5.41) is 0. The van der Waals surface area contributed by atoms with Crippen molar-refractivity contribution < 1.29 is 19.1 Å². The van der Waals surface area contributed by atoms with E-state index in [1.807, 2.05) is 6.07 Å². The Labute approximate surface area is 145 Å². The van der Waals surface area contributed by atoms with E-state index in [2.05, 4.69) is 0 Å². The molecule has 1 heterocycles. The zero-order valence-electron chi connectivity index (χ0n) is 14.1. The van der Waals surface area contributed by atoms with Crippen molar-refractivity contribution in [2.45, 2.75) is 19.6 Å². The number of pyridine rings is 1. The number of nitrogens with two attached hydrogens (primary N) is 1. The Morgan fingerprint density at radius 2 is 1.92 bits per heavy atom. The number of amides is 1. The summed E-state index contributed by atoms with van der Waals surface area (Å²) in [6, 6.07) is 10.3. The van der Waals surface area contributed by atoms with Crippen LogP contribution in [0.25, 0.3) is 0 Å². The molecule has 0 saturated carbocycles. The van der Waals surface area contributed by atoms with Crippen LogP contribution in [0, 0.1) is 0 Å². The highest BCUT2D eigenvalue weighted by Crippen LogP contribution is 2.25. The number of primary amides is 1. The van der Waals surface area contributed by atoms with E-state index in [0.29, 0.717) is 24.4 Å². The number of hydrogen-bond donors (Lipinski definition) is 1. The normalized spacial score (nSPS) is 11.8. The third-order valence-electron chi connectivity index (χ3n) is 3.62. The number of methoxy groups -OCH3 is 1. The van der Waals surface area contributed by atoms with E-state index >= 15 is 0 Å². The molecule has 0 radical (unpaired) electrons. The van der Waals surface area contributed by atoms with Crippen LogP contribution in [-0.4, -0.2) is 30.2 Å². The molecule has 2 N–H and O–H groups in total. The molecule has 1 aromatic carbocycles. The van der Waals surface area contributed by atoms with Crippen LogP contribution >= 0.6 is 0 Å². The number of aromatic nitrogens is 1. The number of nitrogens with zero attached hydrogens (tertiary/aromatic N) is 1. The van der Waals surface area contributed by atoms with Gasteiger partial charge in [-0.15, -0.1) is 0 Å². The molecule has 132 valence electrons. The Kier molecular flexibility index (Phi) is 6.08. The molecule has 2 aromatic rings. The molecule has 0 aliphatic carbocycles. The average Bonchev–Trinajstić information content (AvgIpc) is 2.58. The van der Waals surface area contributed by atoms with Crippen molar-refractivity contribution >= 4 is 11.9 Å². The van der Waals surface area contributed by atoms with E-state index in [9.17, 15) is 14.4 Å². The minimum Gasteiger partial charge on any atom is -0.451 e. The second-order valence-corrected chi connectivity index (χ2v) is 5.43. The summed E-state index contributed by atoms with van der Waals surface area (Å²) in [7, 11) is 1.54. The largest absolute Gasteiger partial charge is 0.451 e. The van der Waals surface area contributed by atoms with Gasteiger partial charge in [-0.25, -0.2) is 0 Å². The minimum atomic E-state index is -0.813. The minimum absolute atomic E-state index is 0.130. The molecule has 0 aliphatic rings. The molecule has 1 aromatic heterocycles. The zero-order valence-corrected chi connectivity index (χ0v) is 14.1. The number of benzene rings is 1. The van der Waals surface area contributed by atoms with Gasteiger partial charge in [0.2, 0.25) is 0 Å². The molecule has 0 saturated heterocycles. The second kappa shape index (κ2) is 8.25. The van der Waals surface area contributed by atoms with Crippen molar-refractivity contribution in [2.24, 2.45) is 5.73 Å². The van der Waals surface area contributed by atoms with Gasteiger partial charge in [-0.05, 0) is 5.56 Å². The molecule has 0 bridgehead atoms. The first kappa shape index (κ1) is 18.4. The maximum atomic E-state index is 12.2. The summed E-state index contributed by atoms with van der Waals surface area (Å²) < 4.78 is 12.2. The summed E-state index contributed by atoms with van der Waals surface area (Å²) in [5.41, 5.74) is 5.75. The molecule has 1 atom stereocenters. The van der Waals surface area contributed by atoms with Gasteiger partial charge >= 0.3 is 5.97 Å². The summed E-state index contributed by atoms with van der Waals surface area (Å²) in [5.74, 6) is -1.30. The molecule has 0 aliphatic heterocycles. The van der Waals surface area contributed by atoms with E-state index in [1.165, 1.54) is 26.3 Å². The Hall–Kier alpha value is -2.93. The Morgan fingerprint density at radius 1 is 1.24 bits per heavy atom. The van der Waals surface area contributed by atoms with E-state index in [4.69, 9.17) is 15.2 Å². The van der Waals surface area contributed by atoms with Gasteiger partial charge in [-0.3, -0.25) is 14.4 Å². The van der Waals surface area contributed by atoms with Crippen LogP contribution in [0.3, 0.4) is 0 Å². The predicted octanol–water partition coefficient (Wildman–Crippen LogP) is 1.25. The summed E-state index contributed by atoms with van der Waals surface area (Å²) >= 11 is 0. The first-order valence-corrected chi connectivity index (χ1v) is 7.69. The lowest BCUT2D eigenvalue weighted by atomic mass is 10.0. The van der Waals surface area contributed by atoms with Gasteiger partial charge in [-0.1, -0.05) is 30.3 Å². The third-order valence-corrected chi connectivity index (χ3v) is 3.62. The fourth-order valence-electron chi connectivity index (χ4n) is 2.48. The Balaban J connectivity index is 2.62. The first-order chi connectivity index (χ1) is 11.9. The molecule has 2 rings (SSSR count). The quantitative estimate of drug-likeness (QED) is 0.762. The SMILES string of the molecule is COCCn1cc(C(N)=O)c(=O)cc1[C@@H](OC(C)=O)c1ccccc1. The summed E-state index contributed by atoms with van der Waals surface area (Å²) in [6.07, 6.45) is 0.587. The van der Waals surface area contributed by atoms with Crippen LogP contribution < -0.4 is 11.2 Å². The molecule has 1 amide bonds. The monoisotopic (exact) mass is 344 g/mol. The molecule has 0 spiro atoms. The Morgan fingerprint density at radius 3 is 2.48 bits per heavy atom. The van der Waals surface area contributed by atoms with Crippen LogP contribution in [0.2, 0.25) is 0 Å². The lowest BCUT2D eigenvalue weighted by Gasteiger charge is -2.22. The number of rotatable bonds is 7. The van der Waals surface area contributed by atoms with Crippen LogP contribution in [-0.2, 0) is 20.8 Å². The molecule has 0 unspecified atom stereocenters. The fraction of sp³-hybridized carbons (Fsp3) is 0.278. The average molecular weight is 344 g/mol. The topological polar surface area (TPSA) is 101 Å². The van der Waals surface area contributed by atoms with Crippen LogP contribution in [0.15, 0.2) is 47.4 Å². The first-order valence-electron chi connectivity index (χ1n) is 7.69. The highest BCUT2D eigenvalue weighted by Gasteiger charge is 2.22. The Bertz CT molecular complexity index is 814. The van der Waals surface area contributed by atoms with Gasteiger partial charge in [0.25, 0.3) is 5.91 Å². The summed E-state index contributed by atoms with van der Waals surface area (Å²) in [6.45, 7) is 2.00. The zero-order chi connectivity index (χ0) is 18.4. The van der Waals surface area contributed by atoms with Crippen molar-refractivity contribution in [3.05, 3.63) is 69.6 Å². The van der Waals surface area contributed by atoms with Crippen LogP contribution in [0.1, 0.15) is 34.6 Å². The molecular formula is C18H20N2O5. The molecule has 0 fully saturated rings. The predicted molar refractivity (Wildman–Crippen MR) is 91.1 cm³/mol. The van der Waals surface area contributed by atoms with Crippen molar-refractivity contribution in [3.8, 4) is 0 Å². The maximum Gasteiger partial charge on any atom is 0.303 e. The van der Waals surface area contributed by atoms with Crippen molar-refractivity contribution in [1.29, 1.82) is 0 Å². The smallest absolute Gasteiger partial charge is 0.303 e. The standard InChI is InChI=1S/C18H20N2O5/c1-12(21)25-17(13-6-4-3-5-7-13)15-10-16(22)14(18(19)23)11-20(15)8-9-24-2/h3-7,10-11,17H,8-9H2,1-2H3,(H2,19,23)/t17-/m0/s1. The second-order valence-electron chi connectivity index (χ2n) is 5.43. The van der Waals surface area contributed by atoms with Crippen molar-refractivity contribution in [2.75, 3.05) is 13.7 Å². The maximum absolute atomic E-state index is 12.2. The molecule has 7 nitrogen and oxygen atoms in total. The number of carbonyl (C=O) groups is 2. The van der Waals surface area contributed by atoms with Gasteiger partial charge in [0, 0.05) is 32.8 Å². The van der Waals surface area contributed by atoms with Crippen molar-refractivity contribution in [3.63, 3.8) is 0 Å². The van der Waals surface area contributed by atoms with E-state index in [-0.39, 0.29) is 5.56 Å². The van der Waals surface area contributed by atoms with Gasteiger partial charge in [0.1, 0.15) is 5.56 Å². The van der Waals surface area contributed by atoms with Gasteiger partial charge in [0.05, 0.1) is 12.3 Å². The van der Waals surface area contributed by atoms with E-state index < -0.39 is 23.4 Å². The number of hydrogen-bond acceptors (Lipinski definition) is 5. The van der Waals surface area contributed by atoms with Gasteiger partial charge < -0.3 is 19.8 Å². The lowest BCUT2D eigenvalue weighted by molar-refractivity contribution is -0.145. The highest BCUT2D eigenvalue weighted by atomic mass is 16.5. The number of carbonyl (C=O) groups excluding carboxylic acids is 2. The van der Waals surface area contributed by atoms with Crippen LogP contribution in [0.4, 0.5) is 0 Å².